The normalized spacial score (nSPS) is 11.5. The molecule has 2 rings (SSSR count). The molecular formula is C24H37N3O3. The fraction of sp³-hybridized carbons (Fsp3) is 0.625. The van der Waals surface area contributed by atoms with Gasteiger partial charge in [0.05, 0.1) is 0 Å². The number of aromatic nitrogens is 2. The molecule has 0 bridgehead atoms. The van der Waals surface area contributed by atoms with E-state index in [1.807, 2.05) is 32.9 Å². The summed E-state index contributed by atoms with van der Waals surface area (Å²) in [6.07, 6.45) is 9.66. The van der Waals surface area contributed by atoms with Crippen molar-refractivity contribution in [2.45, 2.75) is 97.6 Å². The van der Waals surface area contributed by atoms with Gasteiger partial charge in [-0.2, -0.15) is 4.98 Å². The Balaban J connectivity index is 1.67. The number of carbonyl (C=O) groups is 1. The fourth-order valence-electron chi connectivity index (χ4n) is 3.12. The van der Waals surface area contributed by atoms with Gasteiger partial charge in [0.15, 0.2) is 5.82 Å². The minimum absolute atomic E-state index is 0.403. The highest BCUT2D eigenvalue weighted by atomic mass is 16.6. The number of alkyl carbamates (subject to hydrolysis) is 1. The van der Waals surface area contributed by atoms with Crippen molar-refractivity contribution in [1.29, 1.82) is 0 Å². The Morgan fingerprint density at radius 2 is 1.63 bits per heavy atom. The molecule has 0 fully saturated rings. The van der Waals surface area contributed by atoms with Crippen LogP contribution in [0, 0.1) is 0 Å². The zero-order valence-electron chi connectivity index (χ0n) is 19.0. The van der Waals surface area contributed by atoms with E-state index in [9.17, 15) is 4.79 Å². The third-order valence-corrected chi connectivity index (χ3v) is 4.75. The van der Waals surface area contributed by atoms with Crippen LogP contribution in [0.5, 0.6) is 0 Å². The summed E-state index contributed by atoms with van der Waals surface area (Å²) in [7, 11) is 0. The SMILES string of the molecule is CCCCCCCCc1noc(CCc2ccc(CNC(=O)OC(C)(C)C)cc2)n1. The molecule has 0 aliphatic carbocycles. The van der Waals surface area contributed by atoms with Gasteiger partial charge in [-0.3, -0.25) is 0 Å². The molecule has 166 valence electrons. The van der Waals surface area contributed by atoms with Crippen molar-refractivity contribution in [2.24, 2.45) is 0 Å². The van der Waals surface area contributed by atoms with Gasteiger partial charge in [0.25, 0.3) is 0 Å². The van der Waals surface area contributed by atoms with Crippen LogP contribution in [0.3, 0.4) is 0 Å². The quantitative estimate of drug-likeness (QED) is 0.444. The molecule has 1 aromatic heterocycles. The maximum absolute atomic E-state index is 11.7. The third kappa shape index (κ3) is 9.90. The summed E-state index contributed by atoms with van der Waals surface area (Å²) in [5, 5.41) is 6.88. The van der Waals surface area contributed by atoms with Crippen molar-refractivity contribution in [2.75, 3.05) is 0 Å². The van der Waals surface area contributed by atoms with Gasteiger partial charge < -0.3 is 14.6 Å². The van der Waals surface area contributed by atoms with Crippen molar-refractivity contribution in [3.05, 3.63) is 47.1 Å². The van der Waals surface area contributed by atoms with Crippen LogP contribution >= 0.6 is 0 Å². The zero-order valence-corrected chi connectivity index (χ0v) is 19.0. The van der Waals surface area contributed by atoms with Gasteiger partial charge in [0.1, 0.15) is 5.60 Å². The van der Waals surface area contributed by atoms with Gasteiger partial charge in [-0.1, -0.05) is 68.4 Å². The monoisotopic (exact) mass is 415 g/mol. The molecule has 1 N–H and O–H groups in total. The molecule has 0 unspecified atom stereocenters. The molecule has 0 atom stereocenters. The van der Waals surface area contributed by atoms with E-state index in [1.165, 1.54) is 37.7 Å². The number of hydrogen-bond acceptors (Lipinski definition) is 5. The number of amides is 1. The van der Waals surface area contributed by atoms with E-state index >= 15 is 0 Å². The number of rotatable bonds is 12. The zero-order chi connectivity index (χ0) is 21.8. The maximum Gasteiger partial charge on any atom is 0.407 e. The average Bonchev–Trinajstić information content (AvgIpc) is 3.15. The largest absolute Gasteiger partial charge is 0.444 e. The van der Waals surface area contributed by atoms with Gasteiger partial charge in [-0.25, -0.2) is 4.79 Å². The standard InChI is InChI=1S/C24H37N3O3/c1-5-6-7-8-9-10-11-21-26-22(30-27-21)17-16-19-12-14-20(15-13-19)18-25-23(28)29-24(2,3)4/h12-15H,5-11,16-18H2,1-4H3,(H,25,28). The Bertz CT molecular complexity index is 748. The van der Waals surface area contributed by atoms with E-state index in [2.05, 4.69) is 34.5 Å². The topological polar surface area (TPSA) is 77.2 Å². The molecule has 1 aromatic carbocycles. The van der Waals surface area contributed by atoms with E-state index in [1.54, 1.807) is 0 Å². The van der Waals surface area contributed by atoms with Crippen molar-refractivity contribution >= 4 is 6.09 Å². The fourth-order valence-corrected chi connectivity index (χ4v) is 3.12. The van der Waals surface area contributed by atoms with Crippen molar-refractivity contribution in [1.82, 2.24) is 15.5 Å². The van der Waals surface area contributed by atoms with Crippen LogP contribution in [0.2, 0.25) is 0 Å². The number of nitrogens with zero attached hydrogens (tertiary/aromatic N) is 2. The van der Waals surface area contributed by atoms with Gasteiger partial charge in [0.2, 0.25) is 5.89 Å². The number of hydrogen-bond donors (Lipinski definition) is 1. The molecule has 30 heavy (non-hydrogen) atoms. The molecule has 0 spiro atoms. The Labute approximate surface area is 180 Å². The van der Waals surface area contributed by atoms with Crippen LogP contribution in [0.1, 0.15) is 89.1 Å². The highest BCUT2D eigenvalue weighted by Gasteiger charge is 2.15. The number of ether oxygens (including phenoxy) is 1. The summed E-state index contributed by atoms with van der Waals surface area (Å²) in [4.78, 5) is 16.2. The molecule has 0 aliphatic heterocycles. The number of unbranched alkanes of at least 4 members (excludes halogenated alkanes) is 5. The summed E-state index contributed by atoms with van der Waals surface area (Å²) in [5.41, 5.74) is 1.74. The number of carbonyl (C=O) groups excluding carboxylic acids is 1. The molecule has 0 saturated heterocycles. The van der Waals surface area contributed by atoms with Crippen LogP contribution in [0.25, 0.3) is 0 Å². The molecule has 1 amide bonds. The third-order valence-electron chi connectivity index (χ3n) is 4.75. The first-order chi connectivity index (χ1) is 14.4. The molecule has 1 heterocycles. The van der Waals surface area contributed by atoms with Gasteiger partial charge >= 0.3 is 6.09 Å². The van der Waals surface area contributed by atoms with Crippen LogP contribution in [-0.2, 0) is 30.5 Å². The maximum atomic E-state index is 11.7. The molecule has 2 aromatic rings. The smallest absolute Gasteiger partial charge is 0.407 e. The lowest BCUT2D eigenvalue weighted by atomic mass is 10.1. The van der Waals surface area contributed by atoms with E-state index in [4.69, 9.17) is 9.26 Å². The summed E-state index contributed by atoms with van der Waals surface area (Å²) in [6.45, 7) is 8.23. The highest BCUT2D eigenvalue weighted by Crippen LogP contribution is 2.12. The molecule has 0 saturated carbocycles. The Hall–Kier alpha value is -2.37. The molecular weight excluding hydrogens is 378 g/mol. The van der Waals surface area contributed by atoms with E-state index in [-0.39, 0.29) is 0 Å². The predicted molar refractivity (Wildman–Crippen MR) is 118 cm³/mol. The van der Waals surface area contributed by atoms with Crippen LogP contribution in [0.4, 0.5) is 4.79 Å². The second-order valence-corrected chi connectivity index (χ2v) is 8.79. The van der Waals surface area contributed by atoms with Gasteiger partial charge in [-0.05, 0) is 44.7 Å². The first kappa shape index (κ1) is 23.9. The Morgan fingerprint density at radius 1 is 0.967 bits per heavy atom. The Morgan fingerprint density at radius 3 is 2.33 bits per heavy atom. The van der Waals surface area contributed by atoms with Gasteiger partial charge in [0, 0.05) is 19.4 Å². The number of aryl methyl sites for hydroxylation is 3. The summed E-state index contributed by atoms with van der Waals surface area (Å²) in [5.74, 6) is 1.52. The summed E-state index contributed by atoms with van der Waals surface area (Å²) >= 11 is 0. The average molecular weight is 416 g/mol. The highest BCUT2D eigenvalue weighted by molar-refractivity contribution is 5.67. The van der Waals surface area contributed by atoms with Crippen LogP contribution in [-0.4, -0.2) is 21.8 Å². The molecule has 0 aliphatic rings. The van der Waals surface area contributed by atoms with E-state index in [0.29, 0.717) is 12.4 Å². The minimum Gasteiger partial charge on any atom is -0.444 e. The van der Waals surface area contributed by atoms with E-state index in [0.717, 1.165) is 37.1 Å². The first-order valence-corrected chi connectivity index (χ1v) is 11.2. The lowest BCUT2D eigenvalue weighted by molar-refractivity contribution is 0.0523. The van der Waals surface area contributed by atoms with Crippen molar-refractivity contribution < 1.29 is 14.1 Å². The van der Waals surface area contributed by atoms with Crippen molar-refractivity contribution in [3.8, 4) is 0 Å². The second kappa shape index (κ2) is 12.4. The van der Waals surface area contributed by atoms with E-state index < -0.39 is 11.7 Å². The van der Waals surface area contributed by atoms with Gasteiger partial charge in [-0.15, -0.1) is 0 Å². The van der Waals surface area contributed by atoms with Crippen molar-refractivity contribution in [3.63, 3.8) is 0 Å². The lowest BCUT2D eigenvalue weighted by Crippen LogP contribution is -2.32. The number of nitrogens with one attached hydrogen (secondary N) is 1. The minimum atomic E-state index is -0.489. The summed E-state index contributed by atoms with van der Waals surface area (Å²) in [6, 6.07) is 8.17. The molecule has 0 radical (unpaired) electrons. The van der Waals surface area contributed by atoms with Crippen LogP contribution < -0.4 is 5.32 Å². The first-order valence-electron chi connectivity index (χ1n) is 11.2. The predicted octanol–water partition coefficient (Wildman–Crippen LogP) is 5.78. The lowest BCUT2D eigenvalue weighted by Gasteiger charge is -2.19. The second-order valence-electron chi connectivity index (χ2n) is 8.79. The van der Waals surface area contributed by atoms with Crippen LogP contribution in [0.15, 0.2) is 28.8 Å². The Kier molecular flexibility index (Phi) is 9.84. The summed E-state index contributed by atoms with van der Waals surface area (Å²) < 4.78 is 10.6. The number of benzene rings is 1. The molecule has 6 nitrogen and oxygen atoms in total. The molecule has 6 heteroatoms.